The molecule has 1 saturated heterocycles. The molecule has 5 rings (SSSR count). The molecule has 0 N–H and O–H groups in total. The van der Waals surface area contributed by atoms with Crippen LogP contribution >= 0.6 is 11.8 Å². The third-order valence-electron chi connectivity index (χ3n) is 7.23. The fraction of sp³-hybridized carbons (Fsp3) is 0.483. The number of halogens is 4. The summed E-state index contributed by atoms with van der Waals surface area (Å²) in [6.45, 7) is 9.82. The van der Waals surface area contributed by atoms with Gasteiger partial charge in [-0.25, -0.2) is 14.0 Å². The zero-order valence-electron chi connectivity index (χ0n) is 23.5. The van der Waals surface area contributed by atoms with Crippen molar-refractivity contribution in [1.29, 1.82) is 0 Å². The maximum Gasteiger partial charge on any atom is 0.417 e. The molecule has 220 valence electrons. The first-order chi connectivity index (χ1) is 19.2. The number of amides is 1. The maximum atomic E-state index is 14.7. The van der Waals surface area contributed by atoms with Gasteiger partial charge in [-0.2, -0.15) is 18.2 Å². The normalized spacial score (nSPS) is 19.8. The standard InChI is InChI=1S/C29H32F4N4O3S/c1-16-14-35(15-17(2)37(16)27(39)40-28(3,4)5)25-20-13-21(29(31,32)33)22(18-7-9-19(30)10-8-18)24-23(20)36(26(38)34-25)11-6-12-41-24/h7-10,13,16-17H,6,11-12,14-15H2,1-5H3/t16-,17+. The van der Waals surface area contributed by atoms with Gasteiger partial charge in [0.25, 0.3) is 0 Å². The Hall–Kier alpha value is -3.28. The average molecular weight is 593 g/mol. The van der Waals surface area contributed by atoms with Gasteiger partial charge in [0, 0.05) is 35.5 Å². The second kappa shape index (κ2) is 10.5. The molecular formula is C29H32F4N4O3S. The summed E-state index contributed by atoms with van der Waals surface area (Å²) >= 11 is 1.26. The van der Waals surface area contributed by atoms with Crippen molar-refractivity contribution in [2.75, 3.05) is 23.7 Å². The van der Waals surface area contributed by atoms with Crippen LogP contribution in [0.5, 0.6) is 0 Å². The van der Waals surface area contributed by atoms with E-state index in [-0.39, 0.29) is 47.5 Å². The summed E-state index contributed by atoms with van der Waals surface area (Å²) in [5.41, 5.74) is -1.57. The Labute approximate surface area is 239 Å². The van der Waals surface area contributed by atoms with Crippen molar-refractivity contribution >= 4 is 34.6 Å². The molecule has 1 fully saturated rings. The molecule has 7 nitrogen and oxygen atoms in total. The lowest BCUT2D eigenvalue weighted by atomic mass is 9.96. The molecule has 0 bridgehead atoms. The first-order valence-electron chi connectivity index (χ1n) is 13.5. The van der Waals surface area contributed by atoms with Crippen LogP contribution in [0, 0.1) is 5.82 Å². The molecule has 0 spiro atoms. The van der Waals surface area contributed by atoms with Crippen molar-refractivity contribution in [2.24, 2.45) is 0 Å². The molecule has 41 heavy (non-hydrogen) atoms. The molecular weight excluding hydrogens is 560 g/mol. The van der Waals surface area contributed by atoms with Crippen LogP contribution in [0.25, 0.3) is 22.0 Å². The van der Waals surface area contributed by atoms with Crippen LogP contribution in [0.15, 0.2) is 40.0 Å². The number of thioether (sulfide) groups is 1. The smallest absolute Gasteiger partial charge is 0.417 e. The lowest BCUT2D eigenvalue weighted by Crippen LogP contribution is -2.59. The third-order valence-corrected chi connectivity index (χ3v) is 8.41. The Morgan fingerprint density at radius 1 is 1.07 bits per heavy atom. The van der Waals surface area contributed by atoms with Gasteiger partial charge in [-0.15, -0.1) is 11.8 Å². The number of anilines is 1. The van der Waals surface area contributed by atoms with Crippen LogP contribution in [-0.4, -0.2) is 57.1 Å². The van der Waals surface area contributed by atoms with Crippen LogP contribution in [0.1, 0.15) is 46.6 Å². The summed E-state index contributed by atoms with van der Waals surface area (Å²) < 4.78 is 64.8. The number of aryl methyl sites for hydroxylation is 1. The molecule has 12 heteroatoms. The molecule has 0 radical (unpaired) electrons. The summed E-state index contributed by atoms with van der Waals surface area (Å²) in [5, 5.41) is 0.220. The SMILES string of the molecule is C[C@@H]1CN(c2nc(=O)n3c4c(c(-c5ccc(F)cc5)c(C(F)(F)F)cc24)SCCC3)C[C@H](C)N1C(=O)OC(C)(C)C. The maximum absolute atomic E-state index is 14.7. The molecule has 1 aromatic heterocycles. The van der Waals surface area contributed by atoms with E-state index in [2.05, 4.69) is 4.98 Å². The predicted octanol–water partition coefficient (Wildman–Crippen LogP) is 6.55. The minimum atomic E-state index is -4.73. The zero-order chi connectivity index (χ0) is 29.9. The highest BCUT2D eigenvalue weighted by Crippen LogP contribution is 2.48. The first kappa shape index (κ1) is 29.2. The van der Waals surface area contributed by atoms with E-state index in [0.717, 1.165) is 18.2 Å². The number of rotatable bonds is 2. The number of carbonyl (C=O) groups is 1. The van der Waals surface area contributed by atoms with Gasteiger partial charge in [-0.3, -0.25) is 9.47 Å². The van der Waals surface area contributed by atoms with Crippen LogP contribution in [0.3, 0.4) is 0 Å². The lowest BCUT2D eigenvalue weighted by Gasteiger charge is -2.45. The Morgan fingerprint density at radius 2 is 1.71 bits per heavy atom. The van der Waals surface area contributed by atoms with Crippen molar-refractivity contribution in [3.05, 3.63) is 52.2 Å². The molecule has 2 aromatic carbocycles. The quantitative estimate of drug-likeness (QED) is 0.315. The highest BCUT2D eigenvalue weighted by atomic mass is 32.2. The Morgan fingerprint density at radius 3 is 2.29 bits per heavy atom. The number of ether oxygens (including phenoxy) is 1. The van der Waals surface area contributed by atoms with Crippen LogP contribution in [0.4, 0.5) is 28.2 Å². The van der Waals surface area contributed by atoms with Gasteiger partial charge in [0.2, 0.25) is 0 Å². The lowest BCUT2D eigenvalue weighted by molar-refractivity contribution is -0.137. The van der Waals surface area contributed by atoms with E-state index in [1.807, 2.05) is 13.8 Å². The Bertz CT molecular complexity index is 1540. The van der Waals surface area contributed by atoms with Gasteiger partial charge in [0.15, 0.2) is 0 Å². The summed E-state index contributed by atoms with van der Waals surface area (Å²) in [4.78, 5) is 34.4. The fourth-order valence-corrected chi connectivity index (χ4v) is 6.88. The summed E-state index contributed by atoms with van der Waals surface area (Å²) in [5.74, 6) is 0.103. The fourth-order valence-electron chi connectivity index (χ4n) is 5.68. The van der Waals surface area contributed by atoms with E-state index in [1.54, 1.807) is 30.6 Å². The predicted molar refractivity (Wildman–Crippen MR) is 151 cm³/mol. The van der Waals surface area contributed by atoms with E-state index in [0.29, 0.717) is 29.1 Å². The van der Waals surface area contributed by atoms with E-state index in [4.69, 9.17) is 4.74 Å². The van der Waals surface area contributed by atoms with Gasteiger partial charge >= 0.3 is 18.0 Å². The summed E-state index contributed by atoms with van der Waals surface area (Å²) in [7, 11) is 0. The van der Waals surface area contributed by atoms with Crippen molar-refractivity contribution in [1.82, 2.24) is 14.5 Å². The van der Waals surface area contributed by atoms with E-state index in [1.165, 1.54) is 28.5 Å². The number of piperazine rings is 1. The van der Waals surface area contributed by atoms with Crippen molar-refractivity contribution < 1.29 is 27.1 Å². The first-order valence-corrected chi connectivity index (χ1v) is 14.5. The zero-order valence-corrected chi connectivity index (χ0v) is 24.3. The molecule has 0 unspecified atom stereocenters. The largest absolute Gasteiger partial charge is 0.444 e. The van der Waals surface area contributed by atoms with E-state index >= 15 is 0 Å². The summed E-state index contributed by atoms with van der Waals surface area (Å²) in [6, 6.07) is 5.26. The van der Waals surface area contributed by atoms with Crippen molar-refractivity contribution in [3.63, 3.8) is 0 Å². The molecule has 2 aliphatic heterocycles. The Kier molecular flexibility index (Phi) is 7.50. The highest BCUT2D eigenvalue weighted by Gasteiger charge is 2.40. The monoisotopic (exact) mass is 592 g/mol. The number of hydrogen-bond donors (Lipinski definition) is 0. The van der Waals surface area contributed by atoms with Gasteiger partial charge in [0.05, 0.1) is 23.2 Å². The molecule has 2 aliphatic rings. The van der Waals surface area contributed by atoms with Gasteiger partial charge < -0.3 is 9.64 Å². The van der Waals surface area contributed by atoms with Crippen molar-refractivity contribution in [2.45, 2.75) is 76.3 Å². The van der Waals surface area contributed by atoms with Crippen LogP contribution in [0.2, 0.25) is 0 Å². The molecule has 3 heterocycles. The molecule has 1 amide bonds. The molecule has 3 aromatic rings. The third kappa shape index (κ3) is 5.62. The molecule has 0 aliphatic carbocycles. The highest BCUT2D eigenvalue weighted by molar-refractivity contribution is 7.99. The van der Waals surface area contributed by atoms with Gasteiger partial charge in [0.1, 0.15) is 17.2 Å². The average Bonchev–Trinajstić information content (AvgIpc) is 3.08. The number of carbonyl (C=O) groups excluding carboxylic acids is 1. The number of nitrogens with zero attached hydrogens (tertiary/aromatic N) is 4. The number of alkyl halides is 3. The van der Waals surface area contributed by atoms with E-state index in [9.17, 15) is 27.2 Å². The summed E-state index contributed by atoms with van der Waals surface area (Å²) in [6.07, 6.45) is -4.63. The van der Waals surface area contributed by atoms with Gasteiger partial charge in [-0.1, -0.05) is 12.1 Å². The minimum absolute atomic E-state index is 0.0707. The molecule has 0 saturated carbocycles. The van der Waals surface area contributed by atoms with Crippen LogP contribution in [-0.2, 0) is 17.5 Å². The minimum Gasteiger partial charge on any atom is -0.444 e. The second-order valence-electron chi connectivity index (χ2n) is 11.6. The molecule has 2 atom stereocenters. The van der Waals surface area contributed by atoms with E-state index < -0.39 is 34.9 Å². The van der Waals surface area contributed by atoms with Crippen LogP contribution < -0.4 is 10.6 Å². The number of benzene rings is 2. The number of hydrogen-bond acceptors (Lipinski definition) is 6. The Balaban J connectivity index is 1.70. The topological polar surface area (TPSA) is 67.7 Å². The number of aromatic nitrogens is 2. The second-order valence-corrected chi connectivity index (χ2v) is 12.7. The van der Waals surface area contributed by atoms with Crippen molar-refractivity contribution in [3.8, 4) is 11.1 Å². The van der Waals surface area contributed by atoms with Gasteiger partial charge in [-0.05, 0) is 70.6 Å².